The van der Waals surface area contributed by atoms with Crippen molar-refractivity contribution in [3.8, 4) is 0 Å². The molecule has 1 fully saturated rings. The predicted octanol–water partition coefficient (Wildman–Crippen LogP) is 3.97. The molecule has 1 atom stereocenters. The van der Waals surface area contributed by atoms with Gasteiger partial charge in [-0.2, -0.15) is 0 Å². The summed E-state index contributed by atoms with van der Waals surface area (Å²) in [6.07, 6.45) is 4.81. The van der Waals surface area contributed by atoms with Crippen LogP contribution in [-0.4, -0.2) is 49.6 Å². The smallest absolute Gasteiger partial charge is 0.191 e. The number of guanidine groups is 1. The van der Waals surface area contributed by atoms with Gasteiger partial charge < -0.3 is 15.5 Å². The van der Waals surface area contributed by atoms with E-state index in [0.29, 0.717) is 12.0 Å². The lowest BCUT2D eigenvalue weighted by atomic mass is 10.1. The van der Waals surface area contributed by atoms with Crippen LogP contribution in [0.2, 0.25) is 0 Å². The Balaban J connectivity index is 0.00000312. The Bertz CT molecular complexity index is 470. The third-order valence-corrected chi connectivity index (χ3v) is 5.40. The molecule has 2 heterocycles. The van der Waals surface area contributed by atoms with Gasteiger partial charge in [0.2, 0.25) is 0 Å². The molecule has 0 aromatic carbocycles. The Morgan fingerprint density at radius 3 is 2.72 bits per heavy atom. The largest absolute Gasteiger partial charge is 0.357 e. The van der Waals surface area contributed by atoms with E-state index < -0.39 is 0 Å². The molecule has 6 heteroatoms. The summed E-state index contributed by atoms with van der Waals surface area (Å²) in [6, 6.07) is 4.91. The number of piperidine rings is 1. The summed E-state index contributed by atoms with van der Waals surface area (Å²) in [7, 11) is 0. The van der Waals surface area contributed by atoms with Crippen molar-refractivity contribution in [2.45, 2.75) is 52.5 Å². The Morgan fingerprint density at radius 1 is 1.36 bits per heavy atom. The van der Waals surface area contributed by atoms with Gasteiger partial charge in [-0.3, -0.25) is 4.99 Å². The second kappa shape index (κ2) is 12.9. The van der Waals surface area contributed by atoms with E-state index in [1.807, 2.05) is 11.3 Å². The van der Waals surface area contributed by atoms with E-state index in [0.717, 1.165) is 25.5 Å². The maximum Gasteiger partial charge on any atom is 0.191 e. The Morgan fingerprint density at radius 2 is 2.12 bits per heavy atom. The third-order valence-electron chi connectivity index (χ3n) is 4.50. The molecule has 144 valence electrons. The van der Waals surface area contributed by atoms with E-state index in [4.69, 9.17) is 4.99 Å². The van der Waals surface area contributed by atoms with Crippen molar-refractivity contribution in [2.75, 3.05) is 32.7 Å². The fourth-order valence-corrected chi connectivity index (χ4v) is 4.08. The van der Waals surface area contributed by atoms with Crippen LogP contribution >= 0.6 is 35.3 Å². The molecule has 0 bridgehead atoms. The van der Waals surface area contributed by atoms with E-state index >= 15 is 0 Å². The topological polar surface area (TPSA) is 39.7 Å². The maximum absolute atomic E-state index is 4.83. The van der Waals surface area contributed by atoms with Crippen molar-refractivity contribution < 1.29 is 0 Å². The zero-order valence-corrected chi connectivity index (χ0v) is 19.1. The van der Waals surface area contributed by atoms with Crippen LogP contribution in [0, 0.1) is 5.92 Å². The van der Waals surface area contributed by atoms with Gasteiger partial charge in [0.1, 0.15) is 0 Å². The molecule has 1 saturated heterocycles. The van der Waals surface area contributed by atoms with Crippen molar-refractivity contribution in [2.24, 2.45) is 10.9 Å². The van der Waals surface area contributed by atoms with Crippen LogP contribution in [0.3, 0.4) is 0 Å². The summed E-state index contributed by atoms with van der Waals surface area (Å²) in [5.41, 5.74) is 0. The molecule has 2 N–H and O–H groups in total. The lowest BCUT2D eigenvalue weighted by Crippen LogP contribution is -2.48. The van der Waals surface area contributed by atoms with E-state index in [-0.39, 0.29) is 24.0 Å². The van der Waals surface area contributed by atoms with Gasteiger partial charge in [0.15, 0.2) is 5.96 Å². The van der Waals surface area contributed by atoms with Crippen molar-refractivity contribution in [3.05, 3.63) is 22.4 Å². The minimum Gasteiger partial charge on any atom is -0.357 e. The van der Waals surface area contributed by atoms with E-state index in [1.54, 1.807) is 0 Å². The minimum absolute atomic E-state index is 0. The highest BCUT2D eigenvalue weighted by Gasteiger charge is 2.19. The summed E-state index contributed by atoms with van der Waals surface area (Å²) in [6.45, 7) is 12.1. The summed E-state index contributed by atoms with van der Waals surface area (Å²) < 4.78 is 0. The Labute approximate surface area is 174 Å². The number of nitrogens with zero attached hydrogens (tertiary/aromatic N) is 2. The maximum atomic E-state index is 4.83. The van der Waals surface area contributed by atoms with Crippen molar-refractivity contribution in [3.63, 3.8) is 0 Å². The van der Waals surface area contributed by atoms with Gasteiger partial charge in [0.05, 0.1) is 0 Å². The monoisotopic (exact) mass is 478 g/mol. The van der Waals surface area contributed by atoms with E-state index in [9.17, 15) is 0 Å². The average Bonchev–Trinajstić information content (AvgIpc) is 3.08. The van der Waals surface area contributed by atoms with Crippen molar-refractivity contribution in [1.29, 1.82) is 0 Å². The van der Waals surface area contributed by atoms with Gasteiger partial charge >= 0.3 is 0 Å². The number of rotatable bonds is 8. The van der Waals surface area contributed by atoms with Gasteiger partial charge in [-0.25, -0.2) is 0 Å². The fourth-order valence-electron chi connectivity index (χ4n) is 3.21. The normalized spacial score (nSPS) is 17.8. The second-order valence-electron chi connectivity index (χ2n) is 6.87. The quantitative estimate of drug-likeness (QED) is 0.338. The Kier molecular flexibility index (Phi) is 11.7. The van der Waals surface area contributed by atoms with Gasteiger partial charge in [-0.15, -0.1) is 35.3 Å². The van der Waals surface area contributed by atoms with Crippen LogP contribution < -0.4 is 10.6 Å². The molecule has 0 amide bonds. The molecule has 0 aliphatic carbocycles. The van der Waals surface area contributed by atoms with E-state index in [1.165, 1.54) is 43.8 Å². The molecule has 25 heavy (non-hydrogen) atoms. The molecule has 4 nitrogen and oxygen atoms in total. The molecule has 2 rings (SSSR count). The van der Waals surface area contributed by atoms with Crippen LogP contribution in [0.4, 0.5) is 0 Å². The number of hydrogen-bond donors (Lipinski definition) is 2. The van der Waals surface area contributed by atoms with Gasteiger partial charge in [-0.1, -0.05) is 19.9 Å². The Hall–Kier alpha value is -0.340. The highest BCUT2D eigenvalue weighted by Crippen LogP contribution is 2.15. The number of nitrogens with one attached hydrogen (secondary N) is 2. The molecule has 0 radical (unpaired) electrons. The van der Waals surface area contributed by atoms with Crippen LogP contribution in [-0.2, 0) is 6.42 Å². The zero-order valence-electron chi connectivity index (χ0n) is 16.0. The first kappa shape index (κ1) is 22.7. The van der Waals surface area contributed by atoms with Crippen molar-refractivity contribution >= 4 is 41.3 Å². The van der Waals surface area contributed by atoms with Crippen LogP contribution in [0.5, 0.6) is 0 Å². The summed E-state index contributed by atoms with van der Waals surface area (Å²) in [4.78, 5) is 8.86. The molecule has 1 aromatic rings. The highest BCUT2D eigenvalue weighted by atomic mass is 127. The number of hydrogen-bond acceptors (Lipinski definition) is 3. The first-order valence-electron chi connectivity index (χ1n) is 9.50. The highest BCUT2D eigenvalue weighted by molar-refractivity contribution is 14.0. The number of halogens is 1. The molecule has 1 aliphatic rings. The number of thiophene rings is 1. The lowest BCUT2D eigenvalue weighted by Gasteiger charge is -2.32. The lowest BCUT2D eigenvalue weighted by molar-refractivity contribution is 0.206. The average molecular weight is 478 g/mol. The molecule has 1 aliphatic heterocycles. The van der Waals surface area contributed by atoms with Gasteiger partial charge in [0.25, 0.3) is 0 Å². The molecule has 1 unspecified atom stereocenters. The SMILES string of the molecule is CCCN1CCC(NC(=NCC(C)Cc2cccs2)NCC)CC1.I. The third kappa shape index (κ3) is 8.73. The summed E-state index contributed by atoms with van der Waals surface area (Å²) in [5, 5.41) is 9.21. The first-order chi connectivity index (χ1) is 11.7. The first-order valence-corrected chi connectivity index (χ1v) is 10.4. The molecule has 1 aromatic heterocycles. The van der Waals surface area contributed by atoms with Crippen LogP contribution in [0.25, 0.3) is 0 Å². The minimum atomic E-state index is 0. The standard InChI is InChI=1S/C19H34N4S.HI/c1-4-10-23-11-8-17(9-12-23)22-19(20-5-2)21-15-16(3)14-18-7-6-13-24-18;/h6-7,13,16-17H,4-5,8-12,14-15H2,1-3H3,(H2,20,21,22);1H. The zero-order chi connectivity index (χ0) is 17.2. The second-order valence-corrected chi connectivity index (χ2v) is 7.90. The summed E-state index contributed by atoms with van der Waals surface area (Å²) in [5.74, 6) is 1.56. The van der Waals surface area contributed by atoms with Crippen molar-refractivity contribution in [1.82, 2.24) is 15.5 Å². The number of likely N-dealkylation sites (tertiary alicyclic amines) is 1. The predicted molar refractivity (Wildman–Crippen MR) is 121 cm³/mol. The summed E-state index contributed by atoms with van der Waals surface area (Å²) >= 11 is 1.84. The molecule has 0 spiro atoms. The van der Waals surface area contributed by atoms with Gasteiger partial charge in [0, 0.05) is 37.1 Å². The van der Waals surface area contributed by atoms with Crippen LogP contribution in [0.15, 0.2) is 22.5 Å². The molecular weight excluding hydrogens is 443 g/mol. The fraction of sp³-hybridized carbons (Fsp3) is 0.737. The van der Waals surface area contributed by atoms with Gasteiger partial charge in [-0.05, 0) is 56.5 Å². The molecular formula is C19H35IN4S. The number of aliphatic imine (C=N–C) groups is 1. The molecule has 0 saturated carbocycles. The van der Waals surface area contributed by atoms with E-state index in [2.05, 4.69) is 53.8 Å². The van der Waals surface area contributed by atoms with Crippen LogP contribution in [0.1, 0.15) is 44.9 Å².